The van der Waals surface area contributed by atoms with Gasteiger partial charge in [0.05, 0.1) is 5.76 Å². The second-order valence-corrected chi connectivity index (χ2v) is 8.81. The molecule has 0 saturated carbocycles. The molecular formula is C12H18OSi. The van der Waals surface area contributed by atoms with E-state index in [0.717, 1.165) is 5.76 Å². The molecule has 0 bridgehead atoms. The predicted molar refractivity (Wildman–Crippen MR) is 64.5 cm³/mol. The Morgan fingerprint density at radius 2 is 1.71 bits per heavy atom. The van der Waals surface area contributed by atoms with Gasteiger partial charge in [-0.2, -0.15) is 0 Å². The first-order valence-electron chi connectivity index (χ1n) is 4.90. The van der Waals surface area contributed by atoms with Crippen molar-refractivity contribution in [3.8, 4) is 0 Å². The Balaban J connectivity index is 2.70. The summed E-state index contributed by atoms with van der Waals surface area (Å²) in [6.07, 6.45) is 2.08. The summed E-state index contributed by atoms with van der Waals surface area (Å²) in [7, 11) is -1.44. The van der Waals surface area contributed by atoms with E-state index in [-0.39, 0.29) is 0 Å². The van der Waals surface area contributed by atoms with E-state index in [4.69, 9.17) is 4.43 Å². The van der Waals surface area contributed by atoms with E-state index < -0.39 is 8.32 Å². The molecule has 0 amide bonds. The Bertz CT molecular complexity index is 309. The zero-order chi connectivity index (χ0) is 10.6. The van der Waals surface area contributed by atoms with Gasteiger partial charge in [0.1, 0.15) is 0 Å². The van der Waals surface area contributed by atoms with E-state index in [0.29, 0.717) is 0 Å². The van der Waals surface area contributed by atoms with Crippen LogP contribution in [0.15, 0.2) is 36.1 Å². The van der Waals surface area contributed by atoms with E-state index in [1.165, 1.54) is 5.56 Å². The first kappa shape index (κ1) is 11.1. The van der Waals surface area contributed by atoms with Crippen molar-refractivity contribution in [3.63, 3.8) is 0 Å². The van der Waals surface area contributed by atoms with Crippen LogP contribution >= 0.6 is 0 Å². The van der Waals surface area contributed by atoms with Crippen molar-refractivity contribution < 1.29 is 4.43 Å². The fourth-order valence-electron chi connectivity index (χ4n) is 1.30. The highest BCUT2D eigenvalue weighted by Gasteiger charge is 2.15. The van der Waals surface area contributed by atoms with E-state index in [9.17, 15) is 0 Å². The molecule has 0 saturated heterocycles. The molecular weight excluding hydrogens is 188 g/mol. The van der Waals surface area contributed by atoms with Gasteiger partial charge in [-0.15, -0.1) is 0 Å². The smallest absolute Gasteiger partial charge is 0.241 e. The van der Waals surface area contributed by atoms with Crippen LogP contribution in [0.3, 0.4) is 0 Å². The maximum Gasteiger partial charge on any atom is 0.241 e. The summed E-state index contributed by atoms with van der Waals surface area (Å²) in [4.78, 5) is 0. The Morgan fingerprint density at radius 1 is 1.14 bits per heavy atom. The topological polar surface area (TPSA) is 9.23 Å². The summed E-state index contributed by atoms with van der Waals surface area (Å²) in [6, 6.07) is 10.3. The Labute approximate surface area is 87.5 Å². The minimum atomic E-state index is -1.44. The fraction of sp³-hybridized carbons (Fsp3) is 0.333. The molecule has 0 spiro atoms. The van der Waals surface area contributed by atoms with E-state index in [2.05, 4.69) is 37.8 Å². The van der Waals surface area contributed by atoms with Gasteiger partial charge in [0, 0.05) is 0 Å². The lowest BCUT2D eigenvalue weighted by Crippen LogP contribution is -2.23. The van der Waals surface area contributed by atoms with Crippen LogP contribution < -0.4 is 0 Å². The molecule has 0 radical (unpaired) electrons. The lowest BCUT2D eigenvalue weighted by Gasteiger charge is -2.19. The number of allylic oxidation sites excluding steroid dienone is 1. The van der Waals surface area contributed by atoms with Gasteiger partial charge in [-0.1, -0.05) is 30.3 Å². The highest BCUT2D eigenvalue weighted by Crippen LogP contribution is 2.13. The third-order valence-corrected chi connectivity index (χ3v) is 2.57. The Morgan fingerprint density at radius 3 is 2.21 bits per heavy atom. The molecule has 2 heteroatoms. The van der Waals surface area contributed by atoms with Gasteiger partial charge in [0.25, 0.3) is 0 Å². The lowest BCUT2D eigenvalue weighted by atomic mass is 10.2. The third kappa shape index (κ3) is 4.28. The van der Waals surface area contributed by atoms with Crippen LogP contribution in [-0.2, 0) is 4.43 Å². The summed E-state index contributed by atoms with van der Waals surface area (Å²) >= 11 is 0. The van der Waals surface area contributed by atoms with Gasteiger partial charge in [0.2, 0.25) is 8.32 Å². The predicted octanol–water partition coefficient (Wildman–Crippen LogP) is 3.90. The highest BCUT2D eigenvalue weighted by molar-refractivity contribution is 6.70. The normalized spacial score (nSPS) is 12.7. The third-order valence-electron chi connectivity index (χ3n) is 1.64. The zero-order valence-electron chi connectivity index (χ0n) is 9.37. The van der Waals surface area contributed by atoms with Crippen LogP contribution in [0.1, 0.15) is 12.5 Å². The molecule has 14 heavy (non-hydrogen) atoms. The van der Waals surface area contributed by atoms with Crippen molar-refractivity contribution in [1.82, 2.24) is 0 Å². The maximum atomic E-state index is 5.84. The van der Waals surface area contributed by atoms with Crippen molar-refractivity contribution in [1.29, 1.82) is 0 Å². The van der Waals surface area contributed by atoms with Crippen LogP contribution in [0.4, 0.5) is 0 Å². The first-order valence-corrected chi connectivity index (χ1v) is 8.30. The zero-order valence-corrected chi connectivity index (χ0v) is 10.4. The molecule has 0 heterocycles. The summed E-state index contributed by atoms with van der Waals surface area (Å²) in [5.74, 6) is 1.01. The molecule has 1 aromatic rings. The molecule has 0 atom stereocenters. The largest absolute Gasteiger partial charge is 0.548 e. The van der Waals surface area contributed by atoms with Crippen LogP contribution in [-0.4, -0.2) is 8.32 Å². The standard InChI is InChI=1S/C12H18OSi/c1-11(13-14(2,3)4)10-12-8-6-5-7-9-12/h5-10H,1-4H3/b11-10-. The van der Waals surface area contributed by atoms with Gasteiger partial charge >= 0.3 is 0 Å². The van der Waals surface area contributed by atoms with E-state index in [1.54, 1.807) is 0 Å². The molecule has 76 valence electrons. The average Bonchev–Trinajstić information content (AvgIpc) is 2.02. The van der Waals surface area contributed by atoms with Gasteiger partial charge in [0.15, 0.2) is 0 Å². The molecule has 0 aromatic heterocycles. The minimum Gasteiger partial charge on any atom is -0.548 e. The lowest BCUT2D eigenvalue weighted by molar-refractivity contribution is 0.429. The molecule has 0 aliphatic heterocycles. The van der Waals surface area contributed by atoms with Gasteiger partial charge in [-0.25, -0.2) is 0 Å². The average molecular weight is 206 g/mol. The van der Waals surface area contributed by atoms with Crippen LogP contribution in [0.25, 0.3) is 6.08 Å². The number of hydrogen-bond acceptors (Lipinski definition) is 1. The van der Waals surface area contributed by atoms with Crippen molar-refractivity contribution in [2.24, 2.45) is 0 Å². The Hall–Kier alpha value is -1.02. The van der Waals surface area contributed by atoms with Crippen molar-refractivity contribution in [2.75, 3.05) is 0 Å². The molecule has 0 aliphatic rings. The second kappa shape index (κ2) is 4.47. The fourth-order valence-corrected chi connectivity index (χ4v) is 2.32. The van der Waals surface area contributed by atoms with Gasteiger partial charge in [-0.3, -0.25) is 0 Å². The summed E-state index contributed by atoms with van der Waals surface area (Å²) in [6.45, 7) is 8.59. The summed E-state index contributed by atoms with van der Waals surface area (Å²) < 4.78 is 5.84. The van der Waals surface area contributed by atoms with Crippen LogP contribution in [0.5, 0.6) is 0 Å². The quantitative estimate of drug-likeness (QED) is 0.538. The van der Waals surface area contributed by atoms with Gasteiger partial charge in [-0.05, 0) is 38.2 Å². The van der Waals surface area contributed by atoms with Crippen molar-refractivity contribution >= 4 is 14.4 Å². The second-order valence-electron chi connectivity index (χ2n) is 4.38. The van der Waals surface area contributed by atoms with E-state index >= 15 is 0 Å². The maximum absolute atomic E-state index is 5.84. The Kier molecular flexibility index (Phi) is 3.53. The number of rotatable bonds is 3. The summed E-state index contributed by atoms with van der Waals surface area (Å²) in [5.41, 5.74) is 1.20. The van der Waals surface area contributed by atoms with Crippen LogP contribution in [0.2, 0.25) is 19.6 Å². The van der Waals surface area contributed by atoms with Crippen molar-refractivity contribution in [3.05, 3.63) is 41.7 Å². The molecule has 0 aliphatic carbocycles. The number of hydrogen-bond donors (Lipinski definition) is 0. The number of benzene rings is 1. The SMILES string of the molecule is C/C(=C/c1ccccc1)O[Si](C)(C)C. The molecule has 1 aromatic carbocycles. The molecule has 0 fully saturated rings. The van der Waals surface area contributed by atoms with E-state index in [1.807, 2.05) is 25.1 Å². The molecule has 1 nitrogen and oxygen atoms in total. The molecule has 0 unspecified atom stereocenters. The monoisotopic (exact) mass is 206 g/mol. The minimum absolute atomic E-state index is 1.01. The van der Waals surface area contributed by atoms with Gasteiger partial charge < -0.3 is 4.43 Å². The van der Waals surface area contributed by atoms with Crippen LogP contribution in [0, 0.1) is 0 Å². The summed E-state index contributed by atoms with van der Waals surface area (Å²) in [5, 5.41) is 0. The molecule has 0 N–H and O–H groups in total. The highest BCUT2D eigenvalue weighted by atomic mass is 28.4. The molecule has 1 rings (SSSR count). The van der Waals surface area contributed by atoms with Crippen molar-refractivity contribution in [2.45, 2.75) is 26.6 Å². The first-order chi connectivity index (χ1) is 6.47.